The van der Waals surface area contributed by atoms with Crippen LogP contribution in [0.25, 0.3) is 0 Å². The van der Waals surface area contributed by atoms with Crippen molar-refractivity contribution in [3.05, 3.63) is 94.0 Å². The molecule has 2 aliphatic heterocycles. The molecule has 3 aromatic rings. The molecule has 0 spiro atoms. The summed E-state index contributed by atoms with van der Waals surface area (Å²) in [6.07, 6.45) is -3.46. The number of carbonyl (C=O) groups excluding carboxylic acids is 1. The first-order chi connectivity index (χ1) is 19.8. The van der Waals surface area contributed by atoms with Crippen LogP contribution in [-0.2, 0) is 11.2 Å². The highest BCUT2D eigenvalue weighted by Crippen LogP contribution is 2.35. The molecule has 5 rings (SSSR count). The summed E-state index contributed by atoms with van der Waals surface area (Å²) in [4.78, 5) is 14.6. The smallest absolute Gasteiger partial charge is 0.253 e. The molecule has 0 saturated carbocycles. The summed E-state index contributed by atoms with van der Waals surface area (Å²) in [7, 11) is 0. The van der Waals surface area contributed by atoms with E-state index in [1.807, 2.05) is 42.2 Å². The lowest BCUT2D eigenvalue weighted by Crippen LogP contribution is -2.55. The standard InChI is InChI=1S/C32H36ClNO7/c1-2-39-24-11-8-20(9-12-24)16-23-17-21(10-13-26(23)33)31-30(37)29(36)28(35)27(41-31)19-40-25-7-5-6-22(18-25)32(38)34-14-3-4-15-34/h5-13,17-18,27-31,35-37H,2-4,14-16,19H2,1H3/t27-,28-,29+,30-,31+/m1/s1. The average Bonchev–Trinajstić information content (AvgIpc) is 3.53. The van der Waals surface area contributed by atoms with Crippen molar-refractivity contribution in [1.82, 2.24) is 4.90 Å². The van der Waals surface area contributed by atoms with Crippen molar-refractivity contribution in [2.24, 2.45) is 0 Å². The molecule has 0 unspecified atom stereocenters. The van der Waals surface area contributed by atoms with Crippen LogP contribution in [0.1, 0.15) is 52.9 Å². The van der Waals surface area contributed by atoms with E-state index in [-0.39, 0.29) is 12.5 Å². The number of rotatable bonds is 9. The number of aliphatic hydroxyl groups excluding tert-OH is 3. The van der Waals surface area contributed by atoms with Gasteiger partial charge in [0.15, 0.2) is 0 Å². The van der Waals surface area contributed by atoms with E-state index >= 15 is 0 Å². The molecule has 3 aromatic carbocycles. The van der Waals surface area contributed by atoms with Crippen molar-refractivity contribution in [3.63, 3.8) is 0 Å². The van der Waals surface area contributed by atoms with Crippen molar-refractivity contribution >= 4 is 17.5 Å². The van der Waals surface area contributed by atoms with Gasteiger partial charge >= 0.3 is 0 Å². The maximum Gasteiger partial charge on any atom is 0.253 e. The van der Waals surface area contributed by atoms with Gasteiger partial charge in [-0.25, -0.2) is 0 Å². The third kappa shape index (κ3) is 6.85. The van der Waals surface area contributed by atoms with E-state index in [4.69, 9.17) is 25.8 Å². The zero-order valence-corrected chi connectivity index (χ0v) is 23.7. The first-order valence-corrected chi connectivity index (χ1v) is 14.4. The Morgan fingerprint density at radius 1 is 0.927 bits per heavy atom. The van der Waals surface area contributed by atoms with Gasteiger partial charge in [-0.1, -0.05) is 41.9 Å². The summed E-state index contributed by atoms with van der Waals surface area (Å²) in [6, 6.07) is 20.0. The molecule has 41 heavy (non-hydrogen) atoms. The predicted molar refractivity (Wildman–Crippen MR) is 155 cm³/mol. The molecule has 5 atom stereocenters. The first-order valence-electron chi connectivity index (χ1n) is 14.1. The number of hydrogen-bond acceptors (Lipinski definition) is 7. The van der Waals surface area contributed by atoms with E-state index in [9.17, 15) is 20.1 Å². The number of benzene rings is 3. The summed E-state index contributed by atoms with van der Waals surface area (Å²) in [5.74, 6) is 1.21. The predicted octanol–water partition coefficient (Wildman–Crippen LogP) is 4.17. The van der Waals surface area contributed by atoms with Crippen LogP contribution >= 0.6 is 11.6 Å². The lowest BCUT2D eigenvalue weighted by molar-refractivity contribution is -0.230. The minimum Gasteiger partial charge on any atom is -0.494 e. The Morgan fingerprint density at radius 2 is 1.68 bits per heavy atom. The van der Waals surface area contributed by atoms with E-state index in [2.05, 4.69) is 0 Å². The molecule has 0 aliphatic carbocycles. The number of carbonyl (C=O) groups is 1. The summed E-state index contributed by atoms with van der Waals surface area (Å²) in [6.45, 7) is 3.94. The number of halogens is 1. The van der Waals surface area contributed by atoms with E-state index in [0.29, 0.717) is 34.9 Å². The van der Waals surface area contributed by atoms with Gasteiger partial charge in [-0.2, -0.15) is 0 Å². The monoisotopic (exact) mass is 581 g/mol. The molecule has 2 heterocycles. The van der Waals surface area contributed by atoms with E-state index < -0.39 is 30.5 Å². The van der Waals surface area contributed by atoms with Crippen molar-refractivity contribution in [2.75, 3.05) is 26.3 Å². The fourth-order valence-electron chi connectivity index (χ4n) is 5.36. The lowest BCUT2D eigenvalue weighted by atomic mass is 9.90. The van der Waals surface area contributed by atoms with Crippen LogP contribution in [0.4, 0.5) is 0 Å². The van der Waals surface area contributed by atoms with Gasteiger partial charge in [0.25, 0.3) is 5.91 Å². The Morgan fingerprint density at radius 3 is 2.41 bits per heavy atom. The highest BCUT2D eigenvalue weighted by Gasteiger charge is 2.44. The van der Waals surface area contributed by atoms with Crippen molar-refractivity contribution in [1.29, 1.82) is 0 Å². The van der Waals surface area contributed by atoms with Gasteiger partial charge in [0.1, 0.15) is 48.6 Å². The Labute approximate surface area is 245 Å². The molecule has 9 heteroatoms. The van der Waals surface area contributed by atoms with Crippen molar-refractivity contribution in [3.8, 4) is 11.5 Å². The number of amides is 1. The molecule has 0 radical (unpaired) electrons. The SMILES string of the molecule is CCOc1ccc(Cc2cc([C@@H]3O[C@H](COc4cccc(C(=O)N5CCCC5)c4)[C@@H](O)[C@H](O)[C@H]3O)ccc2Cl)cc1. The fraction of sp³-hybridized carbons (Fsp3) is 0.406. The van der Waals surface area contributed by atoms with Gasteiger partial charge in [0, 0.05) is 23.7 Å². The normalized spacial score (nSPS) is 24.3. The molecule has 218 valence electrons. The molecule has 1 amide bonds. The van der Waals surface area contributed by atoms with Gasteiger partial charge in [0.2, 0.25) is 0 Å². The summed E-state index contributed by atoms with van der Waals surface area (Å²) >= 11 is 6.51. The molecule has 2 saturated heterocycles. The second-order valence-corrected chi connectivity index (χ2v) is 10.9. The molecular formula is C32H36ClNO7. The van der Waals surface area contributed by atoms with Gasteiger partial charge in [-0.15, -0.1) is 0 Å². The van der Waals surface area contributed by atoms with Gasteiger partial charge in [0.05, 0.1) is 6.61 Å². The zero-order chi connectivity index (χ0) is 28.9. The summed E-state index contributed by atoms with van der Waals surface area (Å²) < 4.78 is 17.5. The Bertz CT molecular complexity index is 1330. The average molecular weight is 582 g/mol. The summed E-state index contributed by atoms with van der Waals surface area (Å²) in [5, 5.41) is 32.8. The van der Waals surface area contributed by atoms with Crippen LogP contribution in [0.5, 0.6) is 11.5 Å². The van der Waals surface area contributed by atoms with Crippen LogP contribution in [0.15, 0.2) is 66.7 Å². The molecule has 2 aliphatic rings. The van der Waals surface area contributed by atoms with Crippen LogP contribution in [0.3, 0.4) is 0 Å². The summed E-state index contributed by atoms with van der Waals surface area (Å²) in [5.41, 5.74) is 3.02. The quantitative estimate of drug-likeness (QED) is 0.348. The molecular weight excluding hydrogens is 546 g/mol. The maximum atomic E-state index is 12.8. The highest BCUT2D eigenvalue weighted by molar-refractivity contribution is 6.31. The molecule has 2 fully saturated rings. The number of ether oxygens (including phenoxy) is 3. The first kappa shape index (κ1) is 29.4. The molecule has 8 nitrogen and oxygen atoms in total. The minimum absolute atomic E-state index is 0.0377. The van der Waals surface area contributed by atoms with E-state index in [0.717, 1.165) is 42.8 Å². The number of aliphatic hydroxyl groups is 3. The fourth-order valence-corrected chi connectivity index (χ4v) is 5.55. The number of nitrogens with zero attached hydrogens (tertiary/aromatic N) is 1. The Kier molecular flexibility index (Phi) is 9.47. The minimum atomic E-state index is -1.45. The van der Waals surface area contributed by atoms with E-state index in [1.54, 1.807) is 36.4 Å². The lowest BCUT2D eigenvalue weighted by Gasteiger charge is -2.40. The Hall–Kier alpha value is -3.14. The molecule has 0 bridgehead atoms. The Balaban J connectivity index is 1.28. The number of likely N-dealkylation sites (tertiary alicyclic amines) is 1. The van der Waals surface area contributed by atoms with Crippen LogP contribution in [-0.4, -0.2) is 76.8 Å². The van der Waals surface area contributed by atoms with Crippen LogP contribution in [0.2, 0.25) is 5.02 Å². The van der Waals surface area contributed by atoms with Crippen LogP contribution in [0, 0.1) is 0 Å². The van der Waals surface area contributed by atoms with Gasteiger partial charge < -0.3 is 34.4 Å². The third-order valence-corrected chi connectivity index (χ3v) is 8.00. The molecule has 3 N–H and O–H groups in total. The second-order valence-electron chi connectivity index (χ2n) is 10.5. The van der Waals surface area contributed by atoms with Crippen molar-refractivity contribution < 1.29 is 34.3 Å². The molecule has 0 aromatic heterocycles. The largest absolute Gasteiger partial charge is 0.494 e. The maximum absolute atomic E-state index is 12.8. The van der Waals surface area contributed by atoms with Gasteiger partial charge in [-0.05, 0) is 79.3 Å². The zero-order valence-electron chi connectivity index (χ0n) is 23.0. The number of hydrogen-bond donors (Lipinski definition) is 3. The highest BCUT2D eigenvalue weighted by atomic mass is 35.5. The van der Waals surface area contributed by atoms with E-state index in [1.165, 1.54) is 0 Å². The third-order valence-electron chi connectivity index (χ3n) is 7.63. The topological polar surface area (TPSA) is 109 Å². The van der Waals surface area contributed by atoms with Crippen molar-refractivity contribution in [2.45, 2.75) is 56.7 Å². The van der Waals surface area contributed by atoms with Gasteiger partial charge in [-0.3, -0.25) is 4.79 Å². The van der Waals surface area contributed by atoms with Crippen LogP contribution < -0.4 is 9.47 Å². The second kappa shape index (κ2) is 13.2.